The SMILES string of the molecule is CC(C)c1nc2c([nH]1)C[C@@H](C(=O)NCc1cncnc1N)CC2. The highest BCUT2D eigenvalue weighted by molar-refractivity contribution is 5.79. The number of carbonyl (C=O) groups is 1. The summed E-state index contributed by atoms with van der Waals surface area (Å²) >= 11 is 0. The third-order valence-electron chi connectivity index (χ3n) is 4.26. The van der Waals surface area contributed by atoms with Gasteiger partial charge in [0.1, 0.15) is 18.0 Å². The van der Waals surface area contributed by atoms with Crippen LogP contribution in [-0.4, -0.2) is 25.8 Å². The van der Waals surface area contributed by atoms with Gasteiger partial charge in [0.2, 0.25) is 5.91 Å². The summed E-state index contributed by atoms with van der Waals surface area (Å²) < 4.78 is 0. The van der Waals surface area contributed by atoms with E-state index in [1.165, 1.54) is 6.33 Å². The van der Waals surface area contributed by atoms with E-state index in [2.05, 4.69) is 39.1 Å². The lowest BCUT2D eigenvalue weighted by Crippen LogP contribution is -2.34. The summed E-state index contributed by atoms with van der Waals surface area (Å²) in [6.07, 6.45) is 5.40. The lowest BCUT2D eigenvalue weighted by molar-refractivity contribution is -0.125. The molecule has 0 saturated carbocycles. The minimum Gasteiger partial charge on any atom is -0.383 e. The quantitative estimate of drug-likeness (QED) is 0.788. The van der Waals surface area contributed by atoms with E-state index in [-0.39, 0.29) is 11.8 Å². The van der Waals surface area contributed by atoms with Gasteiger partial charge in [-0.15, -0.1) is 0 Å². The van der Waals surface area contributed by atoms with E-state index in [1.807, 2.05) is 0 Å². The molecule has 0 spiro atoms. The Labute approximate surface area is 135 Å². The Balaban J connectivity index is 1.62. The third-order valence-corrected chi connectivity index (χ3v) is 4.26. The van der Waals surface area contributed by atoms with Crippen LogP contribution in [0.4, 0.5) is 5.82 Å². The van der Waals surface area contributed by atoms with Gasteiger partial charge in [0.15, 0.2) is 0 Å². The molecule has 0 saturated heterocycles. The van der Waals surface area contributed by atoms with Gasteiger partial charge < -0.3 is 16.0 Å². The molecule has 1 aliphatic carbocycles. The number of hydrogen-bond donors (Lipinski definition) is 3. The van der Waals surface area contributed by atoms with Crippen LogP contribution >= 0.6 is 0 Å². The molecule has 4 N–H and O–H groups in total. The molecular formula is C16H22N6O. The van der Waals surface area contributed by atoms with Crippen molar-refractivity contribution in [1.29, 1.82) is 0 Å². The van der Waals surface area contributed by atoms with Crippen molar-refractivity contribution < 1.29 is 4.79 Å². The molecule has 7 nitrogen and oxygen atoms in total. The number of nitrogens with one attached hydrogen (secondary N) is 2. The average Bonchev–Trinajstić information content (AvgIpc) is 2.97. The van der Waals surface area contributed by atoms with E-state index >= 15 is 0 Å². The first kappa shape index (κ1) is 15.5. The summed E-state index contributed by atoms with van der Waals surface area (Å²) in [5, 5.41) is 2.94. The second-order valence-electron chi connectivity index (χ2n) is 6.29. The van der Waals surface area contributed by atoms with Crippen LogP contribution in [0.2, 0.25) is 0 Å². The molecule has 0 fully saturated rings. The molecule has 2 aromatic heterocycles. The van der Waals surface area contributed by atoms with Gasteiger partial charge in [-0.3, -0.25) is 4.79 Å². The van der Waals surface area contributed by atoms with Crippen molar-refractivity contribution >= 4 is 11.7 Å². The van der Waals surface area contributed by atoms with Gasteiger partial charge in [0, 0.05) is 42.3 Å². The summed E-state index contributed by atoms with van der Waals surface area (Å²) in [6, 6.07) is 0. The molecule has 1 atom stereocenters. The third kappa shape index (κ3) is 3.33. The second-order valence-corrected chi connectivity index (χ2v) is 6.29. The van der Waals surface area contributed by atoms with Crippen LogP contribution in [0.15, 0.2) is 12.5 Å². The topological polar surface area (TPSA) is 110 Å². The molecule has 0 aromatic carbocycles. The Morgan fingerprint density at radius 3 is 3.09 bits per heavy atom. The number of anilines is 1. The average molecular weight is 314 g/mol. The Morgan fingerprint density at radius 2 is 2.35 bits per heavy atom. The first-order valence-electron chi connectivity index (χ1n) is 7.94. The first-order chi connectivity index (χ1) is 11.0. The molecule has 0 radical (unpaired) electrons. The Kier molecular flexibility index (Phi) is 4.27. The summed E-state index contributed by atoms with van der Waals surface area (Å²) in [6.45, 7) is 4.58. The number of H-pyrrole nitrogens is 1. The minimum absolute atomic E-state index is 0.0335. The van der Waals surface area contributed by atoms with Crippen molar-refractivity contribution in [3.05, 3.63) is 35.3 Å². The molecule has 0 unspecified atom stereocenters. The number of aromatic nitrogens is 4. The van der Waals surface area contributed by atoms with Crippen molar-refractivity contribution in [2.24, 2.45) is 5.92 Å². The van der Waals surface area contributed by atoms with Crippen LogP contribution in [0.25, 0.3) is 0 Å². The van der Waals surface area contributed by atoms with Crippen molar-refractivity contribution in [2.45, 2.75) is 45.6 Å². The molecule has 1 aliphatic rings. The van der Waals surface area contributed by atoms with Crippen LogP contribution in [0.3, 0.4) is 0 Å². The van der Waals surface area contributed by atoms with E-state index in [4.69, 9.17) is 5.73 Å². The highest BCUT2D eigenvalue weighted by atomic mass is 16.1. The van der Waals surface area contributed by atoms with Gasteiger partial charge >= 0.3 is 0 Å². The van der Waals surface area contributed by atoms with Crippen LogP contribution in [0.5, 0.6) is 0 Å². The molecule has 3 rings (SSSR count). The fourth-order valence-corrected chi connectivity index (χ4v) is 2.83. The second kappa shape index (κ2) is 6.36. The number of rotatable bonds is 4. The van der Waals surface area contributed by atoms with Crippen molar-refractivity contribution in [3.63, 3.8) is 0 Å². The fourth-order valence-electron chi connectivity index (χ4n) is 2.83. The molecule has 2 aromatic rings. The summed E-state index contributed by atoms with van der Waals surface area (Å²) in [5.41, 5.74) is 8.71. The van der Waals surface area contributed by atoms with Gasteiger partial charge in [-0.1, -0.05) is 13.8 Å². The predicted octanol–water partition coefficient (Wildman–Crippen LogP) is 1.33. The van der Waals surface area contributed by atoms with E-state index in [0.717, 1.165) is 35.6 Å². The van der Waals surface area contributed by atoms with E-state index in [9.17, 15) is 4.79 Å². The molecule has 2 heterocycles. The lowest BCUT2D eigenvalue weighted by atomic mass is 9.89. The van der Waals surface area contributed by atoms with Gasteiger partial charge in [-0.25, -0.2) is 15.0 Å². The zero-order valence-corrected chi connectivity index (χ0v) is 13.5. The maximum Gasteiger partial charge on any atom is 0.223 e. The Morgan fingerprint density at radius 1 is 1.52 bits per heavy atom. The van der Waals surface area contributed by atoms with Crippen molar-refractivity contribution in [3.8, 4) is 0 Å². The number of aromatic amines is 1. The molecule has 122 valence electrons. The van der Waals surface area contributed by atoms with Gasteiger partial charge in [0.25, 0.3) is 0 Å². The number of nitrogen functional groups attached to an aromatic ring is 1. The lowest BCUT2D eigenvalue weighted by Gasteiger charge is -2.20. The monoisotopic (exact) mass is 314 g/mol. The maximum absolute atomic E-state index is 12.4. The van der Waals surface area contributed by atoms with Gasteiger partial charge in [-0.05, 0) is 12.8 Å². The molecule has 0 bridgehead atoms. The number of amides is 1. The number of imidazole rings is 1. The highest BCUT2D eigenvalue weighted by Gasteiger charge is 2.27. The zero-order chi connectivity index (χ0) is 16.4. The number of carbonyl (C=O) groups excluding carboxylic acids is 1. The van der Waals surface area contributed by atoms with Crippen LogP contribution in [-0.2, 0) is 24.2 Å². The van der Waals surface area contributed by atoms with Crippen LogP contribution in [0, 0.1) is 5.92 Å². The highest BCUT2D eigenvalue weighted by Crippen LogP contribution is 2.26. The zero-order valence-electron chi connectivity index (χ0n) is 13.5. The molecule has 1 amide bonds. The standard InChI is InChI=1S/C16H22N6O/c1-9(2)15-21-12-4-3-10(5-13(12)22-15)16(23)19-7-11-6-18-8-20-14(11)17/h6,8-10H,3-5,7H2,1-2H3,(H,19,23)(H,21,22)(H2,17,18,20)/t10-/m0/s1. The molecule has 0 aliphatic heterocycles. The summed E-state index contributed by atoms with van der Waals surface area (Å²) in [7, 11) is 0. The minimum atomic E-state index is -0.0335. The van der Waals surface area contributed by atoms with Gasteiger partial charge in [0.05, 0.1) is 5.69 Å². The summed E-state index contributed by atoms with van der Waals surface area (Å²) in [5.74, 6) is 1.79. The smallest absolute Gasteiger partial charge is 0.223 e. The maximum atomic E-state index is 12.4. The predicted molar refractivity (Wildman–Crippen MR) is 86.5 cm³/mol. The van der Waals surface area contributed by atoms with Crippen molar-refractivity contribution in [2.75, 3.05) is 5.73 Å². The number of hydrogen-bond acceptors (Lipinski definition) is 5. The number of nitrogens with zero attached hydrogens (tertiary/aromatic N) is 3. The van der Waals surface area contributed by atoms with E-state index in [0.29, 0.717) is 24.7 Å². The van der Waals surface area contributed by atoms with Crippen molar-refractivity contribution in [1.82, 2.24) is 25.3 Å². The number of aryl methyl sites for hydroxylation is 1. The number of nitrogens with two attached hydrogens (primary N) is 1. The number of fused-ring (bicyclic) bond motifs is 1. The first-order valence-corrected chi connectivity index (χ1v) is 7.94. The van der Waals surface area contributed by atoms with Gasteiger partial charge in [-0.2, -0.15) is 0 Å². The van der Waals surface area contributed by atoms with Crippen LogP contribution in [0.1, 0.15) is 49.0 Å². The van der Waals surface area contributed by atoms with E-state index < -0.39 is 0 Å². The fraction of sp³-hybridized carbons (Fsp3) is 0.500. The van der Waals surface area contributed by atoms with Crippen LogP contribution < -0.4 is 11.1 Å². The normalized spacial score (nSPS) is 17.1. The molecule has 23 heavy (non-hydrogen) atoms. The molecule has 7 heteroatoms. The summed E-state index contributed by atoms with van der Waals surface area (Å²) in [4.78, 5) is 28.3. The molecular weight excluding hydrogens is 292 g/mol. The van der Waals surface area contributed by atoms with E-state index in [1.54, 1.807) is 6.20 Å². The Hall–Kier alpha value is -2.44. The largest absolute Gasteiger partial charge is 0.383 e. The Bertz CT molecular complexity index is 708.